The first-order valence-corrected chi connectivity index (χ1v) is 7.84. The van der Waals surface area contributed by atoms with Crippen molar-refractivity contribution in [1.82, 2.24) is 14.9 Å². The number of benzene rings is 1. The number of rotatable bonds is 5. The fourth-order valence-corrected chi connectivity index (χ4v) is 2.36. The van der Waals surface area contributed by atoms with Crippen molar-refractivity contribution >= 4 is 23.0 Å². The molecule has 0 radical (unpaired) electrons. The maximum atomic E-state index is 12.4. The van der Waals surface area contributed by atoms with E-state index in [2.05, 4.69) is 15.3 Å². The Labute approximate surface area is 140 Å². The van der Waals surface area contributed by atoms with Crippen LogP contribution in [0.3, 0.4) is 0 Å². The summed E-state index contributed by atoms with van der Waals surface area (Å²) in [6.45, 7) is 4.50. The number of nitrogens with one attached hydrogen (secondary N) is 1. The van der Waals surface area contributed by atoms with E-state index in [1.165, 1.54) is 0 Å². The summed E-state index contributed by atoms with van der Waals surface area (Å²) in [6, 6.07) is 11.6. The first kappa shape index (κ1) is 16.0. The van der Waals surface area contributed by atoms with Gasteiger partial charge in [-0.25, -0.2) is 0 Å². The minimum absolute atomic E-state index is 0.0451. The first-order valence-electron chi connectivity index (χ1n) is 7.84. The zero-order valence-electron chi connectivity index (χ0n) is 14.0. The quantitative estimate of drug-likeness (QED) is 0.781. The van der Waals surface area contributed by atoms with Crippen LogP contribution in [0.4, 0.5) is 6.01 Å². The van der Waals surface area contributed by atoms with E-state index in [4.69, 9.17) is 4.42 Å². The molecule has 1 unspecified atom stereocenters. The van der Waals surface area contributed by atoms with Gasteiger partial charge < -0.3 is 14.6 Å². The van der Waals surface area contributed by atoms with E-state index in [-0.39, 0.29) is 11.9 Å². The fraction of sp³-hybridized carbons (Fsp3) is 0.278. The van der Waals surface area contributed by atoms with Gasteiger partial charge in [-0.15, -0.1) is 0 Å². The van der Waals surface area contributed by atoms with Gasteiger partial charge in [0.05, 0.1) is 0 Å². The van der Waals surface area contributed by atoms with Crippen LogP contribution in [-0.2, 0) is 0 Å². The number of anilines is 1. The summed E-state index contributed by atoms with van der Waals surface area (Å²) in [5.41, 5.74) is 3.14. The Hall–Kier alpha value is -2.89. The topological polar surface area (TPSA) is 71.3 Å². The van der Waals surface area contributed by atoms with Gasteiger partial charge in [0.15, 0.2) is 5.58 Å². The first-order chi connectivity index (χ1) is 11.5. The van der Waals surface area contributed by atoms with Crippen LogP contribution in [0.25, 0.3) is 11.1 Å². The van der Waals surface area contributed by atoms with Crippen molar-refractivity contribution in [3.63, 3.8) is 0 Å². The summed E-state index contributed by atoms with van der Waals surface area (Å²) in [5.74, 6) is -0.113. The highest BCUT2D eigenvalue weighted by Gasteiger charge is 2.18. The lowest BCUT2D eigenvalue weighted by Gasteiger charge is -2.24. The van der Waals surface area contributed by atoms with Gasteiger partial charge in [0, 0.05) is 25.8 Å². The summed E-state index contributed by atoms with van der Waals surface area (Å²) in [5, 5.41) is 3.15. The number of fused-ring (bicyclic) bond motifs is 1. The molecule has 24 heavy (non-hydrogen) atoms. The van der Waals surface area contributed by atoms with E-state index in [1.54, 1.807) is 36.3 Å². The van der Waals surface area contributed by atoms with E-state index in [9.17, 15) is 4.79 Å². The molecule has 3 aromatic rings. The lowest BCUT2D eigenvalue weighted by Crippen LogP contribution is -2.39. The highest BCUT2D eigenvalue weighted by atomic mass is 16.4. The van der Waals surface area contributed by atoms with E-state index in [0.717, 1.165) is 16.7 Å². The third kappa shape index (κ3) is 3.37. The monoisotopic (exact) mass is 324 g/mol. The van der Waals surface area contributed by atoms with Gasteiger partial charge >= 0.3 is 0 Å². The van der Waals surface area contributed by atoms with Crippen molar-refractivity contribution in [2.24, 2.45) is 0 Å². The summed E-state index contributed by atoms with van der Waals surface area (Å²) >= 11 is 0. The number of aromatic nitrogens is 2. The smallest absolute Gasteiger partial charge is 0.295 e. The maximum Gasteiger partial charge on any atom is 0.295 e. The predicted molar refractivity (Wildman–Crippen MR) is 93.0 cm³/mol. The molecule has 6 nitrogen and oxygen atoms in total. The lowest BCUT2D eigenvalue weighted by molar-refractivity contribution is 0.0745. The van der Waals surface area contributed by atoms with Crippen molar-refractivity contribution in [2.45, 2.75) is 19.9 Å². The molecule has 1 amide bonds. The normalized spacial score (nSPS) is 12.1. The molecule has 0 saturated carbocycles. The molecule has 0 bridgehead atoms. The molecule has 0 aliphatic heterocycles. The minimum atomic E-state index is -0.113. The molecule has 0 spiro atoms. The van der Waals surface area contributed by atoms with Crippen LogP contribution in [-0.4, -0.2) is 40.4 Å². The Morgan fingerprint density at radius 2 is 2.17 bits per heavy atom. The van der Waals surface area contributed by atoms with Crippen molar-refractivity contribution in [3.05, 3.63) is 53.9 Å². The van der Waals surface area contributed by atoms with Crippen LogP contribution >= 0.6 is 0 Å². The zero-order chi connectivity index (χ0) is 17.1. The Kier molecular flexibility index (Phi) is 4.46. The largest absolute Gasteiger partial charge is 0.424 e. The third-order valence-electron chi connectivity index (χ3n) is 3.96. The molecule has 124 valence electrons. The number of nitrogens with zero attached hydrogens (tertiary/aromatic N) is 3. The second kappa shape index (κ2) is 6.70. The van der Waals surface area contributed by atoms with Gasteiger partial charge in [-0.1, -0.05) is 12.1 Å². The number of oxazole rings is 1. The van der Waals surface area contributed by atoms with Gasteiger partial charge in [-0.3, -0.25) is 9.78 Å². The molecule has 0 saturated heterocycles. The molecule has 0 fully saturated rings. The Bertz CT molecular complexity index is 845. The van der Waals surface area contributed by atoms with Crippen molar-refractivity contribution in [2.75, 3.05) is 18.9 Å². The molecule has 1 aromatic carbocycles. The number of hydrogen-bond acceptors (Lipinski definition) is 5. The summed E-state index contributed by atoms with van der Waals surface area (Å²) in [7, 11) is 1.76. The molecular formula is C18H20N4O2. The zero-order valence-corrected chi connectivity index (χ0v) is 14.0. The Morgan fingerprint density at radius 1 is 1.33 bits per heavy atom. The van der Waals surface area contributed by atoms with E-state index >= 15 is 0 Å². The Morgan fingerprint density at radius 3 is 2.92 bits per heavy atom. The molecule has 6 heteroatoms. The van der Waals surface area contributed by atoms with Crippen molar-refractivity contribution < 1.29 is 9.21 Å². The van der Waals surface area contributed by atoms with Gasteiger partial charge in [-0.05, 0) is 43.7 Å². The fourth-order valence-electron chi connectivity index (χ4n) is 2.36. The molecule has 1 atom stereocenters. The van der Waals surface area contributed by atoms with Crippen LogP contribution in [0.1, 0.15) is 23.0 Å². The highest BCUT2D eigenvalue weighted by molar-refractivity contribution is 5.92. The maximum absolute atomic E-state index is 12.4. The standard InChI is InChI=1S/C18H20N4O2/c1-12-7-8-16-15(10-12)21-18(24-16)20-11-13(2)22(3)17(23)14-6-4-5-9-19-14/h4-10,13H,11H2,1-3H3,(H,20,21). The van der Waals surface area contributed by atoms with Gasteiger partial charge in [-0.2, -0.15) is 4.98 Å². The van der Waals surface area contributed by atoms with Crippen LogP contribution in [0.5, 0.6) is 0 Å². The van der Waals surface area contributed by atoms with Crippen molar-refractivity contribution in [1.29, 1.82) is 0 Å². The van der Waals surface area contributed by atoms with Crippen LogP contribution in [0.15, 0.2) is 47.0 Å². The van der Waals surface area contributed by atoms with Crippen molar-refractivity contribution in [3.8, 4) is 0 Å². The summed E-state index contributed by atoms with van der Waals surface area (Å²) < 4.78 is 5.66. The van der Waals surface area contributed by atoms with Gasteiger partial charge in [0.1, 0.15) is 11.2 Å². The second-order valence-corrected chi connectivity index (χ2v) is 5.85. The number of hydrogen-bond donors (Lipinski definition) is 1. The van der Waals surface area contributed by atoms with E-state index in [0.29, 0.717) is 18.3 Å². The van der Waals surface area contributed by atoms with Gasteiger partial charge in [0.25, 0.3) is 11.9 Å². The molecular weight excluding hydrogens is 304 g/mol. The van der Waals surface area contributed by atoms with Crippen LogP contribution in [0, 0.1) is 6.92 Å². The number of pyridine rings is 1. The van der Waals surface area contributed by atoms with Crippen LogP contribution in [0.2, 0.25) is 0 Å². The predicted octanol–water partition coefficient (Wildman–Crippen LogP) is 3.10. The molecule has 2 heterocycles. The minimum Gasteiger partial charge on any atom is -0.424 e. The summed E-state index contributed by atoms with van der Waals surface area (Å²) in [4.78, 5) is 22.5. The average molecular weight is 324 g/mol. The van der Waals surface area contributed by atoms with Gasteiger partial charge in [0.2, 0.25) is 0 Å². The third-order valence-corrected chi connectivity index (χ3v) is 3.96. The summed E-state index contributed by atoms with van der Waals surface area (Å²) in [6.07, 6.45) is 1.62. The highest BCUT2D eigenvalue weighted by Crippen LogP contribution is 2.20. The number of aryl methyl sites for hydroxylation is 1. The average Bonchev–Trinajstić information content (AvgIpc) is 3.01. The van der Waals surface area contributed by atoms with E-state index in [1.807, 2.05) is 32.0 Å². The number of carbonyl (C=O) groups is 1. The number of carbonyl (C=O) groups excluding carboxylic acids is 1. The molecule has 3 rings (SSSR count). The SMILES string of the molecule is Cc1ccc2oc(NCC(C)N(C)C(=O)c3ccccn3)nc2c1. The van der Waals surface area contributed by atoms with Crippen LogP contribution < -0.4 is 5.32 Å². The molecule has 0 aliphatic rings. The number of amides is 1. The lowest BCUT2D eigenvalue weighted by atomic mass is 10.2. The molecule has 2 aromatic heterocycles. The molecule has 0 aliphatic carbocycles. The Balaban J connectivity index is 1.63. The van der Waals surface area contributed by atoms with E-state index < -0.39 is 0 Å². The number of likely N-dealkylation sites (N-methyl/N-ethyl adjacent to an activating group) is 1. The molecule has 1 N–H and O–H groups in total. The second-order valence-electron chi connectivity index (χ2n) is 5.85.